The molecular formula is C17H18FN3O2. The van der Waals surface area contributed by atoms with E-state index in [1.54, 1.807) is 36.7 Å². The van der Waals surface area contributed by atoms with Gasteiger partial charge in [0.25, 0.3) is 0 Å². The number of aromatic nitrogens is 1. The van der Waals surface area contributed by atoms with E-state index >= 15 is 0 Å². The number of hydrogen-bond acceptors (Lipinski definition) is 3. The average molecular weight is 315 g/mol. The van der Waals surface area contributed by atoms with Gasteiger partial charge in [-0.25, -0.2) is 9.18 Å². The van der Waals surface area contributed by atoms with Crippen LogP contribution < -0.4 is 10.6 Å². The predicted octanol–water partition coefficient (Wildman–Crippen LogP) is 3.26. The summed E-state index contributed by atoms with van der Waals surface area (Å²) in [6.45, 7) is 0.675. The molecule has 6 heteroatoms. The number of ether oxygens (including phenoxy) is 1. The Kier molecular flexibility index (Phi) is 4.83. The van der Waals surface area contributed by atoms with Crippen LogP contribution in [0.2, 0.25) is 0 Å². The highest BCUT2D eigenvalue weighted by atomic mass is 19.1. The summed E-state index contributed by atoms with van der Waals surface area (Å²) in [5.41, 5.74) is 1.43. The Labute approximate surface area is 133 Å². The second-order valence-corrected chi connectivity index (χ2v) is 5.42. The number of pyridine rings is 1. The molecule has 1 aliphatic heterocycles. The number of nitrogens with one attached hydrogen (secondary N) is 2. The summed E-state index contributed by atoms with van der Waals surface area (Å²) in [5.74, 6) is -0.306. The largest absolute Gasteiger partial charge is 0.376 e. The first-order chi connectivity index (χ1) is 11.2. The first kappa shape index (κ1) is 15.4. The number of anilines is 1. The van der Waals surface area contributed by atoms with Gasteiger partial charge in [0, 0.05) is 12.8 Å². The standard InChI is InChI=1S/C17H18FN3O2/c18-13-7-5-12(6-8-13)16(15-4-2-10-23-15)21-17(22)20-14-3-1-9-19-11-14/h1,3,5-9,11,15-16H,2,4,10H2,(H2,20,21,22)/t15-,16-/m1/s1. The number of urea groups is 1. The van der Waals surface area contributed by atoms with Crippen LogP contribution in [0.1, 0.15) is 24.4 Å². The maximum Gasteiger partial charge on any atom is 0.319 e. The smallest absolute Gasteiger partial charge is 0.319 e. The summed E-state index contributed by atoms with van der Waals surface area (Å²) >= 11 is 0. The van der Waals surface area contributed by atoms with Gasteiger partial charge in [0.05, 0.1) is 24.0 Å². The number of benzene rings is 1. The predicted molar refractivity (Wildman–Crippen MR) is 84.5 cm³/mol. The number of carbonyl (C=O) groups is 1. The van der Waals surface area contributed by atoms with Gasteiger partial charge in [-0.15, -0.1) is 0 Å². The van der Waals surface area contributed by atoms with Crippen LogP contribution in [0.3, 0.4) is 0 Å². The molecule has 2 heterocycles. The van der Waals surface area contributed by atoms with E-state index in [4.69, 9.17) is 4.74 Å². The van der Waals surface area contributed by atoms with Crippen molar-refractivity contribution in [2.75, 3.05) is 11.9 Å². The number of amides is 2. The summed E-state index contributed by atoms with van der Waals surface area (Å²) < 4.78 is 18.8. The molecule has 0 bridgehead atoms. The van der Waals surface area contributed by atoms with Crippen LogP contribution in [-0.2, 0) is 4.74 Å². The van der Waals surface area contributed by atoms with Gasteiger partial charge in [0.15, 0.2) is 0 Å². The molecular weight excluding hydrogens is 297 g/mol. The second kappa shape index (κ2) is 7.19. The van der Waals surface area contributed by atoms with Crippen LogP contribution in [0.4, 0.5) is 14.9 Å². The topological polar surface area (TPSA) is 63.2 Å². The molecule has 3 rings (SSSR count). The minimum absolute atomic E-state index is 0.111. The number of rotatable bonds is 4. The van der Waals surface area contributed by atoms with Crippen molar-refractivity contribution in [3.63, 3.8) is 0 Å². The van der Waals surface area contributed by atoms with Crippen LogP contribution in [0.25, 0.3) is 0 Å². The average Bonchev–Trinajstić information content (AvgIpc) is 3.09. The van der Waals surface area contributed by atoms with Crippen molar-refractivity contribution < 1.29 is 13.9 Å². The molecule has 120 valence electrons. The zero-order valence-corrected chi connectivity index (χ0v) is 12.5. The normalized spacial score (nSPS) is 18.4. The molecule has 5 nitrogen and oxygen atoms in total. The molecule has 1 aliphatic rings. The molecule has 0 saturated carbocycles. The van der Waals surface area contributed by atoms with Crippen molar-refractivity contribution in [1.29, 1.82) is 0 Å². The van der Waals surface area contributed by atoms with Gasteiger partial charge in [0.2, 0.25) is 0 Å². The van der Waals surface area contributed by atoms with E-state index in [0.717, 1.165) is 18.4 Å². The van der Waals surface area contributed by atoms with E-state index in [-0.39, 0.29) is 24.0 Å². The summed E-state index contributed by atoms with van der Waals surface area (Å²) in [6.07, 6.45) is 4.90. The van der Waals surface area contributed by atoms with Crippen LogP contribution in [0.15, 0.2) is 48.8 Å². The molecule has 2 aromatic rings. The van der Waals surface area contributed by atoms with Crippen molar-refractivity contribution in [3.05, 3.63) is 60.2 Å². The lowest BCUT2D eigenvalue weighted by Crippen LogP contribution is -2.38. The van der Waals surface area contributed by atoms with E-state index < -0.39 is 0 Å². The van der Waals surface area contributed by atoms with Crippen molar-refractivity contribution >= 4 is 11.7 Å². The maximum atomic E-state index is 13.1. The van der Waals surface area contributed by atoms with Crippen LogP contribution in [0.5, 0.6) is 0 Å². The van der Waals surface area contributed by atoms with Gasteiger partial charge in [-0.1, -0.05) is 12.1 Å². The Bertz CT molecular complexity index is 643. The van der Waals surface area contributed by atoms with Gasteiger partial charge in [-0.2, -0.15) is 0 Å². The Morgan fingerprint density at radius 1 is 1.30 bits per heavy atom. The summed E-state index contributed by atoms with van der Waals surface area (Å²) in [5, 5.41) is 5.65. The molecule has 23 heavy (non-hydrogen) atoms. The molecule has 2 amide bonds. The van der Waals surface area contributed by atoms with Gasteiger partial charge >= 0.3 is 6.03 Å². The fraction of sp³-hybridized carbons (Fsp3) is 0.294. The second-order valence-electron chi connectivity index (χ2n) is 5.42. The first-order valence-corrected chi connectivity index (χ1v) is 7.57. The number of nitrogens with zero attached hydrogens (tertiary/aromatic N) is 1. The molecule has 1 aromatic carbocycles. The Hall–Kier alpha value is -2.47. The molecule has 1 saturated heterocycles. The molecule has 0 aliphatic carbocycles. The Morgan fingerprint density at radius 2 is 2.13 bits per heavy atom. The molecule has 2 N–H and O–H groups in total. The van der Waals surface area contributed by atoms with Crippen molar-refractivity contribution in [2.45, 2.75) is 25.0 Å². The van der Waals surface area contributed by atoms with Crippen molar-refractivity contribution in [2.24, 2.45) is 0 Å². The van der Waals surface area contributed by atoms with E-state index in [2.05, 4.69) is 15.6 Å². The third-order valence-electron chi connectivity index (χ3n) is 3.77. The maximum absolute atomic E-state index is 13.1. The van der Waals surface area contributed by atoms with Gasteiger partial charge in [-0.05, 0) is 42.7 Å². The highest BCUT2D eigenvalue weighted by Gasteiger charge is 2.28. The highest BCUT2D eigenvalue weighted by molar-refractivity contribution is 5.89. The SMILES string of the molecule is O=C(Nc1cccnc1)N[C@H](c1ccc(F)cc1)[C@H]1CCCO1. The number of hydrogen-bond donors (Lipinski definition) is 2. The lowest BCUT2D eigenvalue weighted by atomic mass is 9.99. The highest BCUT2D eigenvalue weighted by Crippen LogP contribution is 2.27. The van der Waals surface area contributed by atoms with E-state index in [0.29, 0.717) is 12.3 Å². The van der Waals surface area contributed by atoms with E-state index in [1.807, 2.05) is 0 Å². The summed E-state index contributed by atoms with van der Waals surface area (Å²) in [7, 11) is 0. The van der Waals surface area contributed by atoms with Crippen LogP contribution in [-0.4, -0.2) is 23.7 Å². The fourth-order valence-corrected chi connectivity index (χ4v) is 2.67. The lowest BCUT2D eigenvalue weighted by molar-refractivity contribution is 0.0815. The monoisotopic (exact) mass is 315 g/mol. The van der Waals surface area contributed by atoms with Crippen LogP contribution >= 0.6 is 0 Å². The van der Waals surface area contributed by atoms with Gasteiger partial charge in [-0.3, -0.25) is 4.98 Å². The molecule has 1 fully saturated rings. The third-order valence-corrected chi connectivity index (χ3v) is 3.77. The molecule has 0 unspecified atom stereocenters. The minimum Gasteiger partial charge on any atom is -0.376 e. The molecule has 0 radical (unpaired) electrons. The van der Waals surface area contributed by atoms with Gasteiger partial charge in [0.1, 0.15) is 5.82 Å². The molecule has 1 aromatic heterocycles. The zero-order chi connectivity index (χ0) is 16.1. The fourth-order valence-electron chi connectivity index (χ4n) is 2.67. The quantitative estimate of drug-likeness (QED) is 0.910. The van der Waals surface area contributed by atoms with Gasteiger partial charge < -0.3 is 15.4 Å². The van der Waals surface area contributed by atoms with Crippen molar-refractivity contribution in [3.8, 4) is 0 Å². The summed E-state index contributed by atoms with van der Waals surface area (Å²) in [4.78, 5) is 16.2. The first-order valence-electron chi connectivity index (χ1n) is 7.57. The Morgan fingerprint density at radius 3 is 2.78 bits per heavy atom. The van der Waals surface area contributed by atoms with Crippen LogP contribution in [0, 0.1) is 5.82 Å². The van der Waals surface area contributed by atoms with Crippen molar-refractivity contribution in [1.82, 2.24) is 10.3 Å². The zero-order valence-electron chi connectivity index (χ0n) is 12.5. The van der Waals surface area contributed by atoms with E-state index in [9.17, 15) is 9.18 Å². The summed E-state index contributed by atoms with van der Waals surface area (Å²) in [6, 6.07) is 8.95. The van der Waals surface area contributed by atoms with E-state index in [1.165, 1.54) is 12.1 Å². The minimum atomic E-state index is -0.345. The molecule has 0 spiro atoms. The lowest BCUT2D eigenvalue weighted by Gasteiger charge is -2.25. The number of carbonyl (C=O) groups excluding carboxylic acids is 1. The Balaban J connectivity index is 1.73. The number of halogens is 1. The molecule has 2 atom stereocenters. The third kappa shape index (κ3) is 4.04.